The van der Waals surface area contributed by atoms with Gasteiger partial charge in [0.15, 0.2) is 5.82 Å². The van der Waals surface area contributed by atoms with E-state index >= 15 is 4.39 Å². The second-order valence-electron chi connectivity index (χ2n) is 9.13. The molecule has 35 heavy (non-hydrogen) atoms. The zero-order chi connectivity index (χ0) is 25.9. The van der Waals surface area contributed by atoms with E-state index in [-0.39, 0.29) is 29.9 Å². The Balaban J connectivity index is 1.77. The number of nitrogens with one attached hydrogen (secondary N) is 2. The number of benzene rings is 2. The summed E-state index contributed by atoms with van der Waals surface area (Å²) < 4.78 is 22.3. The van der Waals surface area contributed by atoms with E-state index in [0.717, 1.165) is 5.46 Å². The van der Waals surface area contributed by atoms with Crippen molar-refractivity contribution in [3.8, 4) is 0 Å². The molecule has 2 N–H and O–H groups in total. The summed E-state index contributed by atoms with van der Waals surface area (Å²) in [5, 5.41) is 3.30. The van der Waals surface area contributed by atoms with E-state index in [1.807, 2.05) is 13.9 Å². The summed E-state index contributed by atoms with van der Waals surface area (Å²) in [6.45, 7) is 5.45. The Bertz CT molecular complexity index is 1260. The number of hydrogen-bond acceptors (Lipinski definition) is 6. The Morgan fingerprint density at radius 3 is 2.66 bits per heavy atom. The molecule has 0 fully saturated rings. The maximum atomic E-state index is 15.5. The lowest BCUT2D eigenvalue weighted by molar-refractivity contribution is 0.00886. The summed E-state index contributed by atoms with van der Waals surface area (Å²) in [4.78, 5) is 35.7. The number of carbonyl (C=O) groups excluding carboxylic acids is 2. The molecular weight excluding hydrogens is 476 g/mol. The summed E-state index contributed by atoms with van der Waals surface area (Å²) >= 11 is 6.31. The van der Waals surface area contributed by atoms with Crippen LogP contribution in [0, 0.1) is 5.82 Å². The number of likely N-dealkylation sites (N-methyl/N-ethyl adjacent to an activating group) is 1. The highest BCUT2D eigenvalue weighted by atomic mass is 35.5. The first-order valence-corrected chi connectivity index (χ1v) is 11.3. The monoisotopic (exact) mass is 503 g/mol. The van der Waals surface area contributed by atoms with Gasteiger partial charge in [0.05, 0.1) is 40.4 Å². The third kappa shape index (κ3) is 6.43. The lowest BCUT2D eigenvalue weighted by Crippen LogP contribution is -2.37. The molecule has 3 aromatic rings. The molecule has 186 valence electrons. The average molecular weight is 504 g/mol. The highest BCUT2D eigenvalue weighted by Crippen LogP contribution is 2.32. The fourth-order valence-corrected chi connectivity index (χ4v) is 3.45. The first-order valence-electron chi connectivity index (χ1n) is 10.9. The fraction of sp³-hybridized carbons (Fsp3) is 0.348. The SMILES string of the molecule is Bc1ccc(Nc2c(C(=O)NOCCN(C)C(=O)OC(C)(C)C)cc3c(ncn3C)c2F)c(Cl)c1. The molecule has 0 radical (unpaired) electrons. The predicted octanol–water partition coefficient (Wildman–Crippen LogP) is 2.90. The van der Waals surface area contributed by atoms with Crippen LogP contribution in [0.3, 0.4) is 0 Å². The van der Waals surface area contributed by atoms with Crippen molar-refractivity contribution < 1.29 is 23.6 Å². The topological polar surface area (TPSA) is 97.7 Å². The lowest BCUT2D eigenvalue weighted by atomic mass is 9.96. The molecule has 0 unspecified atom stereocenters. The molecule has 1 aromatic heterocycles. The number of hydroxylamine groups is 1. The molecule has 9 nitrogen and oxygen atoms in total. The van der Waals surface area contributed by atoms with Gasteiger partial charge in [-0.1, -0.05) is 23.1 Å². The number of rotatable bonds is 7. The first-order chi connectivity index (χ1) is 16.4. The summed E-state index contributed by atoms with van der Waals surface area (Å²) in [7, 11) is 5.13. The largest absolute Gasteiger partial charge is 0.444 e. The van der Waals surface area contributed by atoms with Crippen LogP contribution in [0.5, 0.6) is 0 Å². The summed E-state index contributed by atoms with van der Waals surface area (Å²) in [5.74, 6) is -1.38. The van der Waals surface area contributed by atoms with Gasteiger partial charge in [0.1, 0.15) is 19.0 Å². The predicted molar refractivity (Wildman–Crippen MR) is 136 cm³/mol. The van der Waals surface area contributed by atoms with Crippen LogP contribution in [0.1, 0.15) is 31.1 Å². The molecule has 12 heteroatoms. The van der Waals surface area contributed by atoms with Crippen molar-refractivity contribution in [1.29, 1.82) is 0 Å². The number of imidazole rings is 1. The normalized spacial score (nSPS) is 11.4. The zero-order valence-corrected chi connectivity index (χ0v) is 21.3. The maximum absolute atomic E-state index is 15.5. The Morgan fingerprint density at radius 2 is 2.00 bits per heavy atom. The number of aryl methyl sites for hydroxylation is 1. The summed E-state index contributed by atoms with van der Waals surface area (Å²) in [5.41, 5.74) is 3.49. The van der Waals surface area contributed by atoms with Gasteiger partial charge in [-0.3, -0.25) is 9.63 Å². The quantitative estimate of drug-likeness (QED) is 0.292. The number of anilines is 2. The second kappa shape index (κ2) is 10.5. The number of amides is 2. The van der Waals surface area contributed by atoms with Crippen LogP contribution >= 0.6 is 11.6 Å². The molecular formula is C23H28BClFN5O4. The lowest BCUT2D eigenvalue weighted by Gasteiger charge is -2.24. The molecule has 0 aliphatic rings. The maximum Gasteiger partial charge on any atom is 0.410 e. The molecule has 0 spiro atoms. The third-order valence-electron chi connectivity index (χ3n) is 4.99. The van der Waals surface area contributed by atoms with Crippen LogP contribution in [0.2, 0.25) is 5.02 Å². The molecule has 0 bridgehead atoms. The van der Waals surface area contributed by atoms with Crippen molar-refractivity contribution in [2.75, 3.05) is 25.5 Å². The zero-order valence-electron chi connectivity index (χ0n) is 20.5. The van der Waals surface area contributed by atoms with Gasteiger partial charge < -0.3 is 19.5 Å². The van der Waals surface area contributed by atoms with E-state index in [1.165, 1.54) is 17.3 Å². The second-order valence-corrected chi connectivity index (χ2v) is 9.53. The van der Waals surface area contributed by atoms with Gasteiger partial charge in [-0.15, -0.1) is 0 Å². The van der Waals surface area contributed by atoms with Crippen LogP contribution in [-0.2, 0) is 16.6 Å². The van der Waals surface area contributed by atoms with E-state index in [1.54, 1.807) is 51.6 Å². The molecule has 1 heterocycles. The highest BCUT2D eigenvalue weighted by Gasteiger charge is 2.23. The summed E-state index contributed by atoms with van der Waals surface area (Å²) in [6, 6.07) is 6.76. The van der Waals surface area contributed by atoms with E-state index in [2.05, 4.69) is 15.8 Å². The van der Waals surface area contributed by atoms with Gasteiger partial charge in [0.25, 0.3) is 5.91 Å². The van der Waals surface area contributed by atoms with Crippen LogP contribution in [0.25, 0.3) is 11.0 Å². The number of nitrogens with zero attached hydrogens (tertiary/aromatic N) is 3. The van der Waals surface area contributed by atoms with E-state index in [9.17, 15) is 9.59 Å². The van der Waals surface area contributed by atoms with E-state index in [0.29, 0.717) is 16.2 Å². The van der Waals surface area contributed by atoms with Crippen LogP contribution in [0.4, 0.5) is 20.6 Å². The Labute approximate surface area is 208 Å². The van der Waals surface area contributed by atoms with Crippen molar-refractivity contribution in [3.05, 3.63) is 47.0 Å². The Morgan fingerprint density at radius 1 is 1.29 bits per heavy atom. The molecule has 0 atom stereocenters. The number of fused-ring (bicyclic) bond motifs is 1. The van der Waals surface area contributed by atoms with E-state index < -0.39 is 23.4 Å². The number of aromatic nitrogens is 2. The van der Waals surface area contributed by atoms with Gasteiger partial charge in [0.2, 0.25) is 0 Å². The van der Waals surface area contributed by atoms with Gasteiger partial charge >= 0.3 is 6.09 Å². The van der Waals surface area contributed by atoms with Crippen LogP contribution < -0.4 is 16.3 Å². The highest BCUT2D eigenvalue weighted by molar-refractivity contribution is 6.37. The first kappa shape index (κ1) is 26.3. The van der Waals surface area contributed by atoms with Gasteiger partial charge in [-0.05, 0) is 39.0 Å². The molecule has 3 rings (SSSR count). The fourth-order valence-electron chi connectivity index (χ4n) is 3.17. The van der Waals surface area contributed by atoms with Gasteiger partial charge in [-0.2, -0.15) is 0 Å². The molecule has 0 saturated heterocycles. The van der Waals surface area contributed by atoms with Crippen molar-refractivity contribution in [2.45, 2.75) is 26.4 Å². The van der Waals surface area contributed by atoms with Crippen molar-refractivity contribution >= 4 is 59.3 Å². The third-order valence-corrected chi connectivity index (χ3v) is 5.30. The number of ether oxygens (including phenoxy) is 1. The van der Waals surface area contributed by atoms with Gasteiger partial charge in [-0.25, -0.2) is 19.6 Å². The molecule has 2 amide bonds. The standard InChI is InChI=1S/C23H28BClFN5O4/c1-23(2,3)35-22(33)30(4)8-9-34-29-21(32)14-11-17-20(27-12-31(17)5)18(26)19(14)28-16-7-6-13(24)10-15(16)25/h6-7,10-12,28H,8-9,24H2,1-5H3,(H,29,32). The van der Waals surface area contributed by atoms with E-state index in [4.69, 9.17) is 21.2 Å². The van der Waals surface area contributed by atoms with Crippen molar-refractivity contribution in [1.82, 2.24) is 19.9 Å². The minimum Gasteiger partial charge on any atom is -0.444 e. The molecule has 0 aliphatic heterocycles. The smallest absolute Gasteiger partial charge is 0.410 e. The minimum atomic E-state index is -0.699. The molecule has 2 aromatic carbocycles. The molecule has 0 saturated carbocycles. The van der Waals surface area contributed by atoms with Crippen LogP contribution in [0.15, 0.2) is 30.6 Å². The van der Waals surface area contributed by atoms with Crippen LogP contribution in [-0.4, -0.2) is 60.1 Å². The van der Waals surface area contributed by atoms with Crippen molar-refractivity contribution in [2.24, 2.45) is 7.05 Å². The minimum absolute atomic E-state index is 0.00395. The number of hydrogen-bond donors (Lipinski definition) is 2. The Hall–Kier alpha value is -3.31. The van der Waals surface area contributed by atoms with Gasteiger partial charge in [0, 0.05) is 20.6 Å². The summed E-state index contributed by atoms with van der Waals surface area (Å²) in [6.07, 6.45) is 0.943. The van der Waals surface area contributed by atoms with Crippen molar-refractivity contribution in [3.63, 3.8) is 0 Å². The number of carbonyl (C=O) groups is 2. The Kier molecular flexibility index (Phi) is 7.91. The average Bonchev–Trinajstić information content (AvgIpc) is 3.14. The molecule has 0 aliphatic carbocycles. The number of halogens is 2.